The predicted octanol–water partition coefficient (Wildman–Crippen LogP) is 7.40. The van der Waals surface area contributed by atoms with E-state index in [1.54, 1.807) is 0 Å². The number of hydrogen-bond donors (Lipinski definition) is 3. The highest BCUT2D eigenvalue weighted by Gasteiger charge is 2.66. The van der Waals surface area contributed by atoms with Crippen LogP contribution in [-0.4, -0.2) is 82.5 Å². The molecule has 0 aromatic carbocycles. The smallest absolute Gasteiger partial charge is 0.306 e. The lowest BCUT2D eigenvalue weighted by atomic mass is 9.36. The Labute approximate surface area is 295 Å². The Hall–Kier alpha value is -0.830. The molecule has 6 fully saturated rings. The summed E-state index contributed by atoms with van der Waals surface area (Å²) in [4.78, 5) is 27.0. The van der Waals surface area contributed by atoms with Crippen molar-refractivity contribution < 1.29 is 24.5 Å². The molecule has 8 heteroatoms. The summed E-state index contributed by atoms with van der Waals surface area (Å²) in [7, 11) is 0. The van der Waals surface area contributed by atoms with Gasteiger partial charge in [-0.25, -0.2) is 0 Å². The van der Waals surface area contributed by atoms with Crippen LogP contribution < -0.4 is 5.32 Å². The highest BCUT2D eigenvalue weighted by molar-refractivity contribution is 7.99. The van der Waals surface area contributed by atoms with Gasteiger partial charge in [-0.05, 0) is 123 Å². The number of hydrogen-bond acceptors (Lipinski definition) is 7. The minimum atomic E-state index is -0.867. The minimum absolute atomic E-state index is 0.0282. The zero-order valence-corrected chi connectivity index (χ0v) is 32.0. The maximum Gasteiger partial charge on any atom is 0.306 e. The number of esters is 1. The molecule has 6 rings (SSSR count). The van der Waals surface area contributed by atoms with Gasteiger partial charge >= 0.3 is 11.9 Å². The van der Waals surface area contributed by atoms with E-state index in [9.17, 15) is 19.8 Å². The highest BCUT2D eigenvalue weighted by atomic mass is 32.2. The summed E-state index contributed by atoms with van der Waals surface area (Å²) in [5, 5.41) is 23.8. The number of nitrogens with zero attached hydrogens (tertiary/aromatic N) is 1. The molecule has 0 aromatic heterocycles. The van der Waals surface area contributed by atoms with E-state index in [-0.39, 0.29) is 42.4 Å². The molecule has 0 aromatic rings. The molecule has 1 saturated heterocycles. The first-order chi connectivity index (χ1) is 22.7. The lowest BCUT2D eigenvalue weighted by Crippen LogP contribution is -2.65. The molecule has 6 aliphatic rings. The van der Waals surface area contributed by atoms with Crippen LogP contribution >= 0.6 is 11.8 Å². The van der Waals surface area contributed by atoms with Gasteiger partial charge in [0.1, 0.15) is 6.10 Å². The Bertz CT molecular complexity index is 1170. The number of fused-ring (bicyclic) bond motifs is 7. The minimum Gasteiger partial charge on any atom is -0.481 e. The second kappa shape index (κ2) is 14.0. The van der Waals surface area contributed by atoms with Gasteiger partial charge in [-0.2, -0.15) is 11.8 Å². The predicted molar refractivity (Wildman–Crippen MR) is 194 cm³/mol. The van der Waals surface area contributed by atoms with Gasteiger partial charge in [0.05, 0.1) is 19.4 Å². The number of nitrogens with one attached hydrogen (secondary N) is 1. The van der Waals surface area contributed by atoms with Gasteiger partial charge in [0.2, 0.25) is 0 Å². The summed E-state index contributed by atoms with van der Waals surface area (Å²) in [5.74, 6) is 4.93. The lowest BCUT2D eigenvalue weighted by Gasteiger charge is -2.69. The molecular weight excluding hydrogens is 621 g/mol. The van der Waals surface area contributed by atoms with Crippen LogP contribution in [0.15, 0.2) is 0 Å². The van der Waals surface area contributed by atoms with E-state index < -0.39 is 11.4 Å². The van der Waals surface area contributed by atoms with E-state index in [0.717, 1.165) is 56.7 Å². The molecule has 7 nitrogen and oxygen atoms in total. The third-order valence-corrected chi connectivity index (χ3v) is 16.6. The first-order valence-corrected chi connectivity index (χ1v) is 20.9. The lowest BCUT2D eigenvalue weighted by molar-refractivity contribution is -0.220. The van der Waals surface area contributed by atoms with Gasteiger partial charge in [-0.1, -0.05) is 48.0 Å². The molecule has 48 heavy (non-hydrogen) atoms. The van der Waals surface area contributed by atoms with Crippen LogP contribution in [0.1, 0.15) is 131 Å². The molecule has 5 saturated carbocycles. The first-order valence-electron chi connectivity index (χ1n) is 19.7. The van der Waals surface area contributed by atoms with Crippen LogP contribution in [-0.2, 0) is 14.3 Å². The summed E-state index contributed by atoms with van der Waals surface area (Å²) in [6.45, 7) is 17.2. The van der Waals surface area contributed by atoms with E-state index in [2.05, 4.69) is 37.9 Å². The number of aliphatic hydroxyl groups excluding tert-OH is 1. The number of thioether (sulfide) groups is 1. The average Bonchev–Trinajstić information content (AvgIpc) is 3.45. The Balaban J connectivity index is 1.11. The molecule has 0 amide bonds. The normalized spacial score (nSPS) is 41.7. The van der Waals surface area contributed by atoms with E-state index >= 15 is 0 Å². The first kappa shape index (κ1) is 36.9. The molecule has 1 aliphatic heterocycles. The van der Waals surface area contributed by atoms with Crippen molar-refractivity contribution in [2.75, 3.05) is 37.7 Å². The fourth-order valence-electron chi connectivity index (χ4n) is 13.6. The summed E-state index contributed by atoms with van der Waals surface area (Å²) in [5.41, 5.74) is 0.210. The van der Waals surface area contributed by atoms with E-state index in [0.29, 0.717) is 28.8 Å². The number of carboxylic acid groups (broad SMARTS) is 1. The van der Waals surface area contributed by atoms with Crippen LogP contribution in [0.3, 0.4) is 0 Å². The monoisotopic (exact) mass is 688 g/mol. The van der Waals surface area contributed by atoms with Crippen LogP contribution in [0, 0.1) is 51.2 Å². The summed E-state index contributed by atoms with van der Waals surface area (Å²) in [6, 6.07) is 0.294. The van der Waals surface area contributed by atoms with Crippen LogP contribution in [0.4, 0.5) is 0 Å². The van der Waals surface area contributed by atoms with Crippen molar-refractivity contribution in [1.82, 2.24) is 10.2 Å². The number of carbonyl (C=O) groups excluding carboxylic acids is 1. The largest absolute Gasteiger partial charge is 0.481 e. The fraction of sp³-hybridized carbons (Fsp3) is 0.950. The molecule has 3 N–H and O–H groups in total. The standard InChI is InChI=1S/C40H68N2O5S/c1-36(2,24-34(44)45)25-35(46)47-33-13-17-39(6)31(37(33,3)4)12-16-38(5)29-11-18-40(15-7-8-30(40)28(29)9-10-32(38)39)41-19-14-27(26-43)42-20-22-48-23-21-42/h27-33,41,43H,7-26H2,1-6H3,(H,44,45). The molecule has 1 heterocycles. The zero-order chi connectivity index (χ0) is 34.5. The number of aliphatic hydroxyl groups is 1. The zero-order valence-electron chi connectivity index (χ0n) is 31.2. The highest BCUT2D eigenvalue weighted by Crippen LogP contribution is 2.72. The number of aliphatic carboxylic acids is 1. The van der Waals surface area contributed by atoms with Crippen molar-refractivity contribution in [3.63, 3.8) is 0 Å². The van der Waals surface area contributed by atoms with E-state index in [4.69, 9.17) is 4.74 Å². The number of rotatable bonds is 11. The van der Waals surface area contributed by atoms with Gasteiger partial charge in [0, 0.05) is 41.6 Å². The Morgan fingerprint density at radius 1 is 0.896 bits per heavy atom. The molecule has 10 unspecified atom stereocenters. The molecule has 0 radical (unpaired) electrons. The van der Waals surface area contributed by atoms with Crippen molar-refractivity contribution in [3.8, 4) is 0 Å². The molecular formula is C40H68N2O5S. The van der Waals surface area contributed by atoms with Gasteiger partial charge in [-0.15, -0.1) is 0 Å². The number of carbonyl (C=O) groups is 2. The van der Waals surface area contributed by atoms with Crippen LogP contribution in [0.5, 0.6) is 0 Å². The quantitative estimate of drug-likeness (QED) is 0.193. The Morgan fingerprint density at radius 2 is 1.62 bits per heavy atom. The second-order valence-electron chi connectivity index (χ2n) is 19.1. The van der Waals surface area contributed by atoms with Crippen molar-refractivity contribution in [1.29, 1.82) is 0 Å². The number of ether oxygens (including phenoxy) is 1. The summed E-state index contributed by atoms with van der Waals surface area (Å²) >= 11 is 2.04. The molecule has 5 aliphatic carbocycles. The van der Waals surface area contributed by atoms with Crippen LogP contribution in [0.2, 0.25) is 0 Å². The van der Waals surface area contributed by atoms with E-state index in [1.807, 2.05) is 25.6 Å². The third-order valence-electron chi connectivity index (χ3n) is 15.7. The Kier molecular flexibility index (Phi) is 10.7. The average molecular weight is 689 g/mol. The Morgan fingerprint density at radius 3 is 2.33 bits per heavy atom. The number of carboxylic acids is 1. The van der Waals surface area contributed by atoms with Gasteiger partial charge in [-0.3, -0.25) is 14.5 Å². The SMILES string of the molecule is CC(C)(CC(=O)O)CC(=O)OC1CCC2(C)C(CCC3(C)C4CCC5(NCCC(CO)N6CCSCC6)CCCC5C4CCC32)C1(C)C. The van der Waals surface area contributed by atoms with Crippen molar-refractivity contribution in [2.24, 2.45) is 51.2 Å². The molecule has 10 atom stereocenters. The van der Waals surface area contributed by atoms with Gasteiger partial charge < -0.3 is 20.3 Å². The molecule has 0 bridgehead atoms. The maximum atomic E-state index is 13.1. The van der Waals surface area contributed by atoms with Crippen molar-refractivity contribution in [2.45, 2.75) is 149 Å². The van der Waals surface area contributed by atoms with Gasteiger partial charge in [0.15, 0.2) is 0 Å². The van der Waals surface area contributed by atoms with E-state index in [1.165, 1.54) is 69.3 Å². The maximum absolute atomic E-state index is 13.1. The summed E-state index contributed by atoms with van der Waals surface area (Å²) in [6.07, 6.45) is 15.0. The summed E-state index contributed by atoms with van der Waals surface area (Å²) < 4.78 is 6.26. The fourth-order valence-corrected chi connectivity index (χ4v) is 14.5. The van der Waals surface area contributed by atoms with Crippen molar-refractivity contribution >= 4 is 23.7 Å². The topological polar surface area (TPSA) is 99.1 Å². The third kappa shape index (κ3) is 6.76. The van der Waals surface area contributed by atoms with Gasteiger partial charge in [0.25, 0.3) is 0 Å². The van der Waals surface area contributed by atoms with Crippen molar-refractivity contribution in [3.05, 3.63) is 0 Å². The van der Waals surface area contributed by atoms with Crippen LogP contribution in [0.25, 0.3) is 0 Å². The molecule has 274 valence electrons. The second-order valence-corrected chi connectivity index (χ2v) is 20.4. The molecule has 0 spiro atoms.